The second-order valence-corrected chi connectivity index (χ2v) is 3.28. The lowest BCUT2D eigenvalue weighted by Gasteiger charge is -2.10. The molecule has 0 aliphatic heterocycles. The van der Waals surface area contributed by atoms with Crippen LogP contribution in [0.15, 0.2) is 0 Å². The molecule has 0 aliphatic carbocycles. The van der Waals surface area contributed by atoms with Crippen molar-refractivity contribution < 1.29 is 9.47 Å². The molecule has 4 nitrogen and oxygen atoms in total. The lowest BCUT2D eigenvalue weighted by molar-refractivity contribution is 0.0466. The molecule has 0 saturated heterocycles. The third-order valence-corrected chi connectivity index (χ3v) is 1.91. The van der Waals surface area contributed by atoms with Gasteiger partial charge in [-0.25, -0.2) is 0 Å². The highest BCUT2D eigenvalue weighted by Gasteiger charge is 1.97. The molecule has 0 saturated carbocycles. The third-order valence-electron chi connectivity index (χ3n) is 1.91. The van der Waals surface area contributed by atoms with Gasteiger partial charge in [0.2, 0.25) is 0 Å². The van der Waals surface area contributed by atoms with Crippen LogP contribution < -0.4 is 11.5 Å². The van der Waals surface area contributed by atoms with Gasteiger partial charge in [-0.2, -0.15) is 0 Å². The standard InChI is InChI=1S/C10H24N2O2/c1-2-10(12)14-9-4-3-7-13-8-5-6-11/h10H,2-9,11-12H2,1H3. The monoisotopic (exact) mass is 204 g/mol. The average molecular weight is 204 g/mol. The van der Waals surface area contributed by atoms with Gasteiger partial charge in [-0.1, -0.05) is 6.92 Å². The topological polar surface area (TPSA) is 70.5 Å². The van der Waals surface area contributed by atoms with Crippen LogP contribution in [0.5, 0.6) is 0 Å². The van der Waals surface area contributed by atoms with E-state index in [0.717, 1.165) is 45.5 Å². The van der Waals surface area contributed by atoms with Crippen molar-refractivity contribution in [3.8, 4) is 0 Å². The first-order valence-electron chi connectivity index (χ1n) is 5.46. The van der Waals surface area contributed by atoms with Crippen LogP contribution >= 0.6 is 0 Å². The molecule has 0 spiro atoms. The zero-order valence-corrected chi connectivity index (χ0v) is 9.21. The van der Waals surface area contributed by atoms with E-state index in [4.69, 9.17) is 20.9 Å². The van der Waals surface area contributed by atoms with Gasteiger partial charge in [-0.05, 0) is 32.2 Å². The minimum Gasteiger partial charge on any atom is -0.381 e. The Kier molecular flexibility index (Phi) is 10.8. The Hall–Kier alpha value is -0.160. The second kappa shape index (κ2) is 10.9. The predicted molar refractivity (Wildman–Crippen MR) is 57.9 cm³/mol. The highest BCUT2D eigenvalue weighted by molar-refractivity contribution is 4.44. The first kappa shape index (κ1) is 13.8. The highest BCUT2D eigenvalue weighted by atomic mass is 16.5. The molecular weight excluding hydrogens is 180 g/mol. The van der Waals surface area contributed by atoms with Crippen LogP contribution in [0, 0.1) is 0 Å². The second-order valence-electron chi connectivity index (χ2n) is 3.28. The maximum absolute atomic E-state index is 5.59. The number of rotatable bonds is 10. The Labute approximate surface area is 86.9 Å². The van der Waals surface area contributed by atoms with Crippen LogP contribution in [0.1, 0.15) is 32.6 Å². The van der Waals surface area contributed by atoms with Gasteiger partial charge in [-0.3, -0.25) is 0 Å². The zero-order valence-electron chi connectivity index (χ0n) is 9.21. The van der Waals surface area contributed by atoms with Gasteiger partial charge in [0.05, 0.1) is 0 Å². The molecule has 0 rings (SSSR count). The quantitative estimate of drug-likeness (QED) is 0.409. The van der Waals surface area contributed by atoms with Crippen molar-refractivity contribution in [3.05, 3.63) is 0 Å². The number of hydrogen-bond acceptors (Lipinski definition) is 4. The largest absolute Gasteiger partial charge is 0.381 e. The summed E-state index contributed by atoms with van der Waals surface area (Å²) < 4.78 is 10.7. The van der Waals surface area contributed by atoms with E-state index in [2.05, 4.69) is 0 Å². The van der Waals surface area contributed by atoms with Gasteiger partial charge in [0.15, 0.2) is 0 Å². The van der Waals surface area contributed by atoms with Crippen molar-refractivity contribution in [3.63, 3.8) is 0 Å². The smallest absolute Gasteiger partial charge is 0.105 e. The first-order valence-corrected chi connectivity index (χ1v) is 5.46. The summed E-state index contributed by atoms with van der Waals surface area (Å²) in [4.78, 5) is 0. The maximum atomic E-state index is 5.59. The molecule has 86 valence electrons. The van der Waals surface area contributed by atoms with Gasteiger partial charge >= 0.3 is 0 Å². The van der Waals surface area contributed by atoms with E-state index in [1.165, 1.54) is 0 Å². The third kappa shape index (κ3) is 9.92. The van der Waals surface area contributed by atoms with Gasteiger partial charge in [0, 0.05) is 19.8 Å². The molecule has 0 amide bonds. The fourth-order valence-electron chi connectivity index (χ4n) is 0.946. The number of hydrogen-bond donors (Lipinski definition) is 2. The minimum absolute atomic E-state index is 0.104. The van der Waals surface area contributed by atoms with Crippen LogP contribution in [0.3, 0.4) is 0 Å². The van der Waals surface area contributed by atoms with Gasteiger partial charge in [0.25, 0.3) is 0 Å². The molecule has 0 aromatic heterocycles. The molecule has 4 heteroatoms. The number of unbranched alkanes of at least 4 members (excludes halogenated alkanes) is 1. The van der Waals surface area contributed by atoms with E-state index < -0.39 is 0 Å². The molecule has 0 aliphatic rings. The summed E-state index contributed by atoms with van der Waals surface area (Å²) in [7, 11) is 0. The van der Waals surface area contributed by atoms with E-state index in [9.17, 15) is 0 Å². The molecule has 0 fully saturated rings. The van der Waals surface area contributed by atoms with E-state index >= 15 is 0 Å². The number of ether oxygens (including phenoxy) is 2. The molecular formula is C10H24N2O2. The first-order chi connectivity index (χ1) is 6.81. The molecule has 1 unspecified atom stereocenters. The average Bonchev–Trinajstić information content (AvgIpc) is 2.21. The van der Waals surface area contributed by atoms with Crippen LogP contribution in [0.4, 0.5) is 0 Å². The molecule has 0 aromatic rings. The Morgan fingerprint density at radius 1 is 1.07 bits per heavy atom. The van der Waals surface area contributed by atoms with Gasteiger partial charge in [-0.15, -0.1) is 0 Å². The normalized spacial score (nSPS) is 13.1. The van der Waals surface area contributed by atoms with Crippen LogP contribution in [0.25, 0.3) is 0 Å². The van der Waals surface area contributed by atoms with E-state index in [1.807, 2.05) is 6.92 Å². The molecule has 1 atom stereocenters. The van der Waals surface area contributed by atoms with Gasteiger partial charge < -0.3 is 20.9 Å². The lowest BCUT2D eigenvalue weighted by Crippen LogP contribution is -2.23. The minimum atomic E-state index is -0.104. The molecule has 0 heterocycles. The molecule has 4 N–H and O–H groups in total. The Morgan fingerprint density at radius 3 is 2.36 bits per heavy atom. The molecule has 14 heavy (non-hydrogen) atoms. The van der Waals surface area contributed by atoms with E-state index in [1.54, 1.807) is 0 Å². The summed E-state index contributed by atoms with van der Waals surface area (Å²) >= 11 is 0. The van der Waals surface area contributed by atoms with Crippen molar-refractivity contribution in [2.45, 2.75) is 38.8 Å². The fourth-order valence-corrected chi connectivity index (χ4v) is 0.946. The highest BCUT2D eigenvalue weighted by Crippen LogP contribution is 1.95. The molecule has 0 radical (unpaired) electrons. The fraction of sp³-hybridized carbons (Fsp3) is 1.00. The summed E-state index contributed by atoms with van der Waals surface area (Å²) in [6, 6.07) is 0. The summed E-state index contributed by atoms with van der Waals surface area (Å²) in [6.45, 7) is 5.01. The maximum Gasteiger partial charge on any atom is 0.105 e. The summed E-state index contributed by atoms with van der Waals surface area (Å²) in [6.07, 6.45) is 3.75. The lowest BCUT2D eigenvalue weighted by atomic mass is 10.3. The van der Waals surface area contributed by atoms with Crippen molar-refractivity contribution >= 4 is 0 Å². The Balaban J connectivity index is 2.92. The SMILES string of the molecule is CCC(N)OCCCCOCCCN. The zero-order chi connectivity index (χ0) is 10.6. The Morgan fingerprint density at radius 2 is 1.71 bits per heavy atom. The van der Waals surface area contributed by atoms with Crippen molar-refractivity contribution in [1.29, 1.82) is 0 Å². The van der Waals surface area contributed by atoms with Crippen molar-refractivity contribution in [2.24, 2.45) is 11.5 Å². The van der Waals surface area contributed by atoms with Crippen LogP contribution in [-0.4, -0.2) is 32.6 Å². The van der Waals surface area contributed by atoms with Crippen LogP contribution in [-0.2, 0) is 9.47 Å². The van der Waals surface area contributed by atoms with Crippen LogP contribution in [0.2, 0.25) is 0 Å². The van der Waals surface area contributed by atoms with Crippen molar-refractivity contribution in [1.82, 2.24) is 0 Å². The summed E-state index contributed by atoms with van der Waals surface area (Å²) in [5, 5.41) is 0. The number of nitrogens with two attached hydrogens (primary N) is 2. The molecule has 0 aromatic carbocycles. The van der Waals surface area contributed by atoms with Crippen molar-refractivity contribution in [2.75, 3.05) is 26.4 Å². The predicted octanol–water partition coefficient (Wildman–Crippen LogP) is 0.843. The van der Waals surface area contributed by atoms with Gasteiger partial charge in [0.1, 0.15) is 6.23 Å². The Bertz CT molecular complexity index is 112. The van der Waals surface area contributed by atoms with E-state index in [-0.39, 0.29) is 6.23 Å². The molecule has 0 bridgehead atoms. The summed E-state index contributed by atoms with van der Waals surface area (Å²) in [5.41, 5.74) is 10.9. The van der Waals surface area contributed by atoms with E-state index in [0.29, 0.717) is 6.54 Å². The summed E-state index contributed by atoms with van der Waals surface area (Å²) in [5.74, 6) is 0.